The van der Waals surface area contributed by atoms with Crippen molar-refractivity contribution in [1.29, 1.82) is 0 Å². The average Bonchev–Trinajstić information content (AvgIpc) is 2.91. The quantitative estimate of drug-likeness (QED) is 0.827. The molecule has 0 radical (unpaired) electrons. The molecule has 1 heterocycles. The summed E-state index contributed by atoms with van der Waals surface area (Å²) in [5, 5.41) is 3.61. The lowest BCUT2D eigenvalue weighted by molar-refractivity contribution is 0.0319. The number of hydrogen-bond acceptors (Lipinski definition) is 2. The van der Waals surface area contributed by atoms with Crippen LogP contribution in [-0.2, 0) is 10.2 Å². The molecule has 2 nitrogen and oxygen atoms in total. The Hall–Kier alpha value is -0.860. The fraction of sp³-hybridized carbons (Fsp3) is 0.684. The molecular formula is C19H31NO. The molecule has 1 aromatic rings. The average molecular weight is 289 g/mol. The first kappa shape index (κ1) is 16.5. The lowest BCUT2D eigenvalue weighted by Gasteiger charge is -2.27. The fourth-order valence-corrected chi connectivity index (χ4v) is 3.11. The predicted octanol–water partition coefficient (Wildman–Crippen LogP) is 4.59. The van der Waals surface area contributed by atoms with Crippen molar-refractivity contribution in [2.45, 2.75) is 77.5 Å². The van der Waals surface area contributed by atoms with Crippen LogP contribution >= 0.6 is 0 Å². The molecule has 21 heavy (non-hydrogen) atoms. The second-order valence-corrected chi connectivity index (χ2v) is 6.96. The second kappa shape index (κ2) is 6.93. The minimum absolute atomic E-state index is 0.255. The van der Waals surface area contributed by atoms with Crippen molar-refractivity contribution in [3.8, 4) is 0 Å². The SMILES string of the molecule is CCNC(c1ccc(C(C)(C)CC)cc1)C1CCC(C)O1. The van der Waals surface area contributed by atoms with Gasteiger partial charge in [-0.05, 0) is 49.3 Å². The summed E-state index contributed by atoms with van der Waals surface area (Å²) in [6.07, 6.45) is 4.19. The van der Waals surface area contributed by atoms with Crippen LogP contribution in [0.15, 0.2) is 24.3 Å². The summed E-state index contributed by atoms with van der Waals surface area (Å²) in [6, 6.07) is 9.47. The maximum Gasteiger partial charge on any atom is 0.0774 e. The zero-order chi connectivity index (χ0) is 15.5. The molecule has 1 fully saturated rings. The predicted molar refractivity (Wildman–Crippen MR) is 89.7 cm³/mol. The van der Waals surface area contributed by atoms with Crippen LogP contribution in [0.5, 0.6) is 0 Å². The maximum absolute atomic E-state index is 6.09. The molecule has 3 atom stereocenters. The Morgan fingerprint density at radius 2 is 1.86 bits per heavy atom. The summed E-state index contributed by atoms with van der Waals surface area (Å²) in [6.45, 7) is 12.2. The van der Waals surface area contributed by atoms with Gasteiger partial charge in [-0.25, -0.2) is 0 Å². The number of nitrogens with one attached hydrogen (secondary N) is 1. The molecule has 0 aromatic heterocycles. The Morgan fingerprint density at radius 3 is 2.33 bits per heavy atom. The first-order valence-electron chi connectivity index (χ1n) is 8.47. The van der Waals surface area contributed by atoms with Gasteiger partial charge in [0, 0.05) is 0 Å². The fourth-order valence-electron chi connectivity index (χ4n) is 3.11. The van der Waals surface area contributed by atoms with Crippen LogP contribution in [0.4, 0.5) is 0 Å². The van der Waals surface area contributed by atoms with Gasteiger partial charge in [0.05, 0.1) is 18.2 Å². The van der Waals surface area contributed by atoms with Crippen LogP contribution in [-0.4, -0.2) is 18.8 Å². The zero-order valence-electron chi connectivity index (χ0n) is 14.3. The van der Waals surface area contributed by atoms with Gasteiger partial charge >= 0.3 is 0 Å². The van der Waals surface area contributed by atoms with Crippen molar-refractivity contribution < 1.29 is 4.74 Å². The van der Waals surface area contributed by atoms with Gasteiger partial charge in [0.1, 0.15) is 0 Å². The molecule has 0 aliphatic carbocycles. The molecular weight excluding hydrogens is 258 g/mol. The van der Waals surface area contributed by atoms with E-state index in [-0.39, 0.29) is 5.41 Å². The maximum atomic E-state index is 6.09. The molecule has 0 saturated carbocycles. The number of ether oxygens (including phenoxy) is 1. The van der Waals surface area contributed by atoms with Gasteiger partial charge in [-0.15, -0.1) is 0 Å². The van der Waals surface area contributed by atoms with E-state index < -0.39 is 0 Å². The third-order valence-corrected chi connectivity index (χ3v) is 5.00. The smallest absolute Gasteiger partial charge is 0.0774 e. The van der Waals surface area contributed by atoms with Crippen LogP contribution in [0, 0.1) is 0 Å². The van der Waals surface area contributed by atoms with Gasteiger partial charge in [0.2, 0.25) is 0 Å². The van der Waals surface area contributed by atoms with E-state index in [2.05, 4.69) is 64.2 Å². The van der Waals surface area contributed by atoms with Crippen LogP contribution in [0.2, 0.25) is 0 Å². The van der Waals surface area contributed by atoms with Crippen molar-refractivity contribution in [3.05, 3.63) is 35.4 Å². The highest BCUT2D eigenvalue weighted by atomic mass is 16.5. The molecule has 0 spiro atoms. The van der Waals surface area contributed by atoms with Gasteiger partial charge in [-0.2, -0.15) is 0 Å². The van der Waals surface area contributed by atoms with Crippen molar-refractivity contribution in [3.63, 3.8) is 0 Å². The lowest BCUT2D eigenvalue weighted by atomic mass is 9.81. The molecule has 0 amide bonds. The Morgan fingerprint density at radius 1 is 1.19 bits per heavy atom. The number of hydrogen-bond donors (Lipinski definition) is 1. The van der Waals surface area contributed by atoms with E-state index in [0.717, 1.165) is 19.4 Å². The largest absolute Gasteiger partial charge is 0.373 e. The van der Waals surface area contributed by atoms with E-state index in [9.17, 15) is 0 Å². The minimum atomic E-state index is 0.255. The third kappa shape index (κ3) is 3.87. The van der Waals surface area contributed by atoms with Gasteiger partial charge in [-0.1, -0.05) is 52.0 Å². The van der Waals surface area contributed by atoms with Gasteiger partial charge < -0.3 is 10.1 Å². The van der Waals surface area contributed by atoms with Crippen molar-refractivity contribution in [2.24, 2.45) is 0 Å². The Labute approximate surface area is 130 Å². The molecule has 1 aromatic carbocycles. The second-order valence-electron chi connectivity index (χ2n) is 6.96. The van der Waals surface area contributed by atoms with E-state index in [4.69, 9.17) is 4.74 Å². The van der Waals surface area contributed by atoms with Crippen molar-refractivity contribution in [2.75, 3.05) is 6.54 Å². The molecule has 2 heteroatoms. The molecule has 2 rings (SSSR count). The first-order chi connectivity index (χ1) is 9.97. The highest BCUT2D eigenvalue weighted by Gasteiger charge is 2.30. The number of likely N-dealkylation sites (N-methyl/N-ethyl adjacent to an activating group) is 1. The topological polar surface area (TPSA) is 21.3 Å². The summed E-state index contributed by atoms with van der Waals surface area (Å²) in [4.78, 5) is 0. The minimum Gasteiger partial charge on any atom is -0.373 e. The normalized spacial score (nSPS) is 24.2. The third-order valence-electron chi connectivity index (χ3n) is 5.00. The van der Waals surface area contributed by atoms with Crippen molar-refractivity contribution in [1.82, 2.24) is 5.32 Å². The van der Waals surface area contributed by atoms with Crippen LogP contribution in [0.1, 0.15) is 71.0 Å². The summed E-state index contributed by atoms with van der Waals surface area (Å²) < 4.78 is 6.09. The van der Waals surface area contributed by atoms with Gasteiger partial charge in [0.15, 0.2) is 0 Å². The van der Waals surface area contributed by atoms with Crippen LogP contribution < -0.4 is 5.32 Å². The van der Waals surface area contributed by atoms with E-state index >= 15 is 0 Å². The van der Waals surface area contributed by atoms with Gasteiger partial charge in [-0.3, -0.25) is 0 Å². The molecule has 118 valence electrons. The summed E-state index contributed by atoms with van der Waals surface area (Å²) in [5.41, 5.74) is 3.03. The Kier molecular flexibility index (Phi) is 5.45. The summed E-state index contributed by atoms with van der Waals surface area (Å²) in [5.74, 6) is 0. The van der Waals surface area contributed by atoms with Gasteiger partial charge in [0.25, 0.3) is 0 Å². The van der Waals surface area contributed by atoms with E-state index in [1.165, 1.54) is 17.5 Å². The molecule has 1 saturated heterocycles. The van der Waals surface area contributed by atoms with Crippen LogP contribution in [0.3, 0.4) is 0 Å². The highest BCUT2D eigenvalue weighted by Crippen LogP contribution is 2.32. The van der Waals surface area contributed by atoms with Crippen LogP contribution in [0.25, 0.3) is 0 Å². The Bertz CT molecular complexity index is 437. The van der Waals surface area contributed by atoms with E-state index in [1.807, 2.05) is 0 Å². The molecule has 1 N–H and O–H groups in total. The summed E-state index contributed by atoms with van der Waals surface area (Å²) >= 11 is 0. The summed E-state index contributed by atoms with van der Waals surface area (Å²) in [7, 11) is 0. The standard InChI is InChI=1S/C19H31NO/c1-6-19(4,5)16-11-9-15(10-12-16)18(20-7-2)17-13-8-14(3)21-17/h9-12,14,17-18,20H,6-8,13H2,1-5H3. The van der Waals surface area contributed by atoms with E-state index in [1.54, 1.807) is 0 Å². The molecule has 1 aliphatic rings. The lowest BCUT2D eigenvalue weighted by Crippen LogP contribution is -2.32. The number of rotatable bonds is 6. The number of benzene rings is 1. The first-order valence-corrected chi connectivity index (χ1v) is 8.47. The molecule has 3 unspecified atom stereocenters. The molecule has 1 aliphatic heterocycles. The highest BCUT2D eigenvalue weighted by molar-refractivity contribution is 5.30. The molecule has 0 bridgehead atoms. The van der Waals surface area contributed by atoms with E-state index in [0.29, 0.717) is 18.2 Å². The monoisotopic (exact) mass is 289 g/mol. The van der Waals surface area contributed by atoms with Crippen molar-refractivity contribution >= 4 is 0 Å². The zero-order valence-corrected chi connectivity index (χ0v) is 14.3. The Balaban J connectivity index is 2.17.